The third-order valence-electron chi connectivity index (χ3n) is 4.14. The van der Waals surface area contributed by atoms with Crippen molar-refractivity contribution in [3.8, 4) is 0 Å². The summed E-state index contributed by atoms with van der Waals surface area (Å²) in [6.07, 6.45) is 0.889. The van der Waals surface area contributed by atoms with Gasteiger partial charge in [0, 0.05) is 30.9 Å². The zero-order valence-electron chi connectivity index (χ0n) is 14.5. The van der Waals surface area contributed by atoms with Crippen LogP contribution in [-0.2, 0) is 10.0 Å². The van der Waals surface area contributed by atoms with E-state index < -0.39 is 15.8 Å². The summed E-state index contributed by atoms with van der Waals surface area (Å²) in [5.41, 5.74) is 0.719. The molecule has 0 aliphatic carbocycles. The average molecular weight is 414 g/mol. The molecule has 0 radical (unpaired) electrons. The SMILES string of the molecule is Cl.O=C(c1ccc(S(=O)(=O)Nc2ccc(F)cc2)cc1)N1CCCNCC1. The van der Waals surface area contributed by atoms with E-state index in [1.165, 1.54) is 48.5 Å². The van der Waals surface area contributed by atoms with Crippen molar-refractivity contribution in [1.29, 1.82) is 0 Å². The minimum Gasteiger partial charge on any atom is -0.337 e. The molecule has 0 bridgehead atoms. The molecule has 1 aliphatic rings. The molecular weight excluding hydrogens is 393 g/mol. The summed E-state index contributed by atoms with van der Waals surface area (Å²) in [6, 6.07) is 10.9. The van der Waals surface area contributed by atoms with Gasteiger partial charge in [0.15, 0.2) is 0 Å². The number of carbonyl (C=O) groups excluding carboxylic acids is 1. The van der Waals surface area contributed by atoms with Crippen molar-refractivity contribution in [2.75, 3.05) is 30.9 Å². The molecule has 2 N–H and O–H groups in total. The Balaban J connectivity index is 0.00000261. The zero-order chi connectivity index (χ0) is 18.6. The highest BCUT2D eigenvalue weighted by atomic mass is 35.5. The zero-order valence-corrected chi connectivity index (χ0v) is 16.2. The van der Waals surface area contributed by atoms with E-state index in [1.54, 1.807) is 4.90 Å². The van der Waals surface area contributed by atoms with Gasteiger partial charge in [-0.15, -0.1) is 12.4 Å². The molecule has 1 aliphatic heterocycles. The fraction of sp³-hybridized carbons (Fsp3) is 0.278. The van der Waals surface area contributed by atoms with Crippen molar-refractivity contribution < 1.29 is 17.6 Å². The first kappa shape index (κ1) is 21.1. The minimum absolute atomic E-state index is 0. The van der Waals surface area contributed by atoms with Crippen molar-refractivity contribution in [3.05, 3.63) is 59.9 Å². The van der Waals surface area contributed by atoms with Crippen LogP contribution in [0.15, 0.2) is 53.4 Å². The molecule has 1 amide bonds. The normalized spacial score (nSPS) is 14.8. The van der Waals surface area contributed by atoms with E-state index in [-0.39, 0.29) is 28.9 Å². The highest BCUT2D eigenvalue weighted by molar-refractivity contribution is 7.92. The molecule has 146 valence electrons. The minimum atomic E-state index is -3.81. The fourth-order valence-electron chi connectivity index (χ4n) is 2.74. The van der Waals surface area contributed by atoms with Crippen LogP contribution in [0, 0.1) is 5.82 Å². The summed E-state index contributed by atoms with van der Waals surface area (Å²) < 4.78 is 40.1. The number of halogens is 2. The summed E-state index contributed by atoms with van der Waals surface area (Å²) in [5.74, 6) is -0.552. The van der Waals surface area contributed by atoms with Gasteiger partial charge in [0.05, 0.1) is 4.90 Å². The first-order chi connectivity index (χ1) is 12.5. The van der Waals surface area contributed by atoms with Gasteiger partial charge in [-0.2, -0.15) is 0 Å². The number of sulfonamides is 1. The fourth-order valence-corrected chi connectivity index (χ4v) is 3.80. The van der Waals surface area contributed by atoms with E-state index in [0.29, 0.717) is 18.7 Å². The number of hydrogen-bond donors (Lipinski definition) is 2. The Morgan fingerprint density at radius 2 is 1.67 bits per heavy atom. The lowest BCUT2D eigenvalue weighted by atomic mass is 10.2. The summed E-state index contributed by atoms with van der Waals surface area (Å²) in [7, 11) is -3.81. The molecule has 1 fully saturated rings. The van der Waals surface area contributed by atoms with Gasteiger partial charge >= 0.3 is 0 Å². The Kier molecular flexibility index (Phi) is 7.18. The molecule has 0 unspecified atom stereocenters. The number of amides is 1. The molecule has 0 saturated carbocycles. The Bertz CT molecular complexity index is 866. The Morgan fingerprint density at radius 3 is 2.33 bits per heavy atom. The number of anilines is 1. The molecule has 0 atom stereocenters. The smallest absolute Gasteiger partial charge is 0.261 e. The lowest BCUT2D eigenvalue weighted by Crippen LogP contribution is -2.34. The van der Waals surface area contributed by atoms with E-state index in [9.17, 15) is 17.6 Å². The largest absolute Gasteiger partial charge is 0.337 e. The summed E-state index contributed by atoms with van der Waals surface area (Å²) in [6.45, 7) is 2.94. The first-order valence-corrected chi connectivity index (χ1v) is 9.82. The Morgan fingerprint density at radius 1 is 1.00 bits per heavy atom. The van der Waals surface area contributed by atoms with Crippen LogP contribution in [0.4, 0.5) is 10.1 Å². The number of nitrogens with zero attached hydrogens (tertiary/aromatic N) is 1. The van der Waals surface area contributed by atoms with Crippen LogP contribution >= 0.6 is 12.4 Å². The molecular formula is C18H21ClFN3O3S. The van der Waals surface area contributed by atoms with Gasteiger partial charge in [0.25, 0.3) is 15.9 Å². The van der Waals surface area contributed by atoms with E-state index in [0.717, 1.165) is 19.5 Å². The van der Waals surface area contributed by atoms with Crippen molar-refractivity contribution in [3.63, 3.8) is 0 Å². The van der Waals surface area contributed by atoms with Crippen LogP contribution in [-0.4, -0.2) is 45.4 Å². The van der Waals surface area contributed by atoms with E-state index in [4.69, 9.17) is 0 Å². The topological polar surface area (TPSA) is 78.5 Å². The second-order valence-corrected chi connectivity index (χ2v) is 7.71. The van der Waals surface area contributed by atoms with Crippen molar-refractivity contribution in [1.82, 2.24) is 10.2 Å². The number of rotatable bonds is 4. The second-order valence-electron chi connectivity index (χ2n) is 6.03. The van der Waals surface area contributed by atoms with Gasteiger partial charge in [-0.05, 0) is 61.5 Å². The van der Waals surface area contributed by atoms with Gasteiger partial charge in [-0.25, -0.2) is 12.8 Å². The molecule has 2 aromatic rings. The number of nitrogens with one attached hydrogen (secondary N) is 2. The molecule has 9 heteroatoms. The van der Waals surface area contributed by atoms with Gasteiger partial charge in [0.1, 0.15) is 5.82 Å². The molecule has 6 nitrogen and oxygen atoms in total. The van der Waals surface area contributed by atoms with Crippen molar-refractivity contribution >= 4 is 34.0 Å². The van der Waals surface area contributed by atoms with E-state index >= 15 is 0 Å². The predicted octanol–water partition coefficient (Wildman–Crippen LogP) is 2.48. The van der Waals surface area contributed by atoms with Crippen LogP contribution in [0.25, 0.3) is 0 Å². The second kappa shape index (κ2) is 9.16. The Labute approximate surface area is 164 Å². The van der Waals surface area contributed by atoms with Crippen LogP contribution in [0.2, 0.25) is 0 Å². The first-order valence-electron chi connectivity index (χ1n) is 8.34. The van der Waals surface area contributed by atoms with Gasteiger partial charge in [-0.1, -0.05) is 0 Å². The Hall–Kier alpha value is -2.16. The highest BCUT2D eigenvalue weighted by Gasteiger charge is 2.19. The lowest BCUT2D eigenvalue weighted by molar-refractivity contribution is 0.0766. The van der Waals surface area contributed by atoms with Crippen LogP contribution in [0.1, 0.15) is 16.8 Å². The molecule has 0 aromatic heterocycles. The maximum absolute atomic E-state index is 12.9. The van der Waals surface area contributed by atoms with Gasteiger partial charge < -0.3 is 10.2 Å². The van der Waals surface area contributed by atoms with Crippen LogP contribution < -0.4 is 10.0 Å². The quantitative estimate of drug-likeness (QED) is 0.807. The van der Waals surface area contributed by atoms with Gasteiger partial charge in [0.2, 0.25) is 0 Å². The van der Waals surface area contributed by atoms with Crippen molar-refractivity contribution in [2.24, 2.45) is 0 Å². The lowest BCUT2D eigenvalue weighted by Gasteiger charge is -2.20. The van der Waals surface area contributed by atoms with Gasteiger partial charge in [-0.3, -0.25) is 9.52 Å². The summed E-state index contributed by atoms with van der Waals surface area (Å²) in [4.78, 5) is 14.3. The molecule has 1 heterocycles. The molecule has 1 saturated heterocycles. The average Bonchev–Trinajstić information content (AvgIpc) is 2.92. The number of carbonyl (C=O) groups is 1. The third kappa shape index (κ3) is 5.41. The molecule has 3 rings (SSSR count). The molecule has 27 heavy (non-hydrogen) atoms. The maximum Gasteiger partial charge on any atom is 0.261 e. The monoisotopic (exact) mass is 413 g/mol. The third-order valence-corrected chi connectivity index (χ3v) is 5.53. The number of benzene rings is 2. The molecule has 2 aromatic carbocycles. The van der Waals surface area contributed by atoms with Crippen molar-refractivity contribution in [2.45, 2.75) is 11.3 Å². The number of hydrogen-bond acceptors (Lipinski definition) is 4. The van der Waals surface area contributed by atoms with E-state index in [1.807, 2.05) is 0 Å². The summed E-state index contributed by atoms with van der Waals surface area (Å²) >= 11 is 0. The predicted molar refractivity (Wildman–Crippen MR) is 104 cm³/mol. The molecule has 0 spiro atoms. The maximum atomic E-state index is 12.9. The van der Waals surface area contributed by atoms with E-state index in [2.05, 4.69) is 10.0 Å². The highest BCUT2D eigenvalue weighted by Crippen LogP contribution is 2.18. The summed E-state index contributed by atoms with van der Waals surface area (Å²) in [5, 5.41) is 3.23. The van der Waals surface area contributed by atoms with Crippen LogP contribution in [0.3, 0.4) is 0 Å². The van der Waals surface area contributed by atoms with Crippen LogP contribution in [0.5, 0.6) is 0 Å². The standard InChI is InChI=1S/C18H20FN3O3S.ClH/c19-15-4-6-16(7-5-15)21-26(24,25)17-8-2-14(3-9-17)18(23)22-12-1-10-20-11-13-22;/h2-9,20-21H,1,10-13H2;1H.